The van der Waals surface area contributed by atoms with Gasteiger partial charge >= 0.3 is 12.1 Å². The molecular formula is C14H16N4O4. The summed E-state index contributed by atoms with van der Waals surface area (Å²) in [7, 11) is 1.65. The van der Waals surface area contributed by atoms with E-state index >= 15 is 0 Å². The third-order valence-electron chi connectivity index (χ3n) is 2.86. The van der Waals surface area contributed by atoms with Gasteiger partial charge < -0.3 is 15.2 Å². The zero-order valence-corrected chi connectivity index (χ0v) is 12.0. The Bertz CT molecular complexity index is 641. The average Bonchev–Trinajstić information content (AvgIpc) is 2.92. The summed E-state index contributed by atoms with van der Waals surface area (Å²) in [5, 5.41) is 19.0. The van der Waals surface area contributed by atoms with Crippen LogP contribution in [-0.4, -0.2) is 32.2 Å². The fraction of sp³-hybridized carbons (Fsp3) is 0.286. The maximum Gasteiger partial charge on any atom is 0.408 e. The molecule has 0 aliphatic heterocycles. The Hall–Kier alpha value is -2.90. The second kappa shape index (κ2) is 7.21. The number of benzene rings is 1. The van der Waals surface area contributed by atoms with Gasteiger partial charge in [-0.2, -0.15) is 0 Å². The predicted octanol–water partition coefficient (Wildman–Crippen LogP) is 1.26. The predicted molar refractivity (Wildman–Crippen MR) is 75.8 cm³/mol. The van der Waals surface area contributed by atoms with Crippen molar-refractivity contribution in [3.05, 3.63) is 47.8 Å². The molecule has 0 saturated carbocycles. The standard InChI is InChI=1S/C14H16N4O4/c1-18-8-12(16-17-18)11(7-13(19)20)15-14(21)22-9-10-5-3-2-4-6-10/h2-6,8,11H,7,9H2,1H3,(H,15,21)(H,19,20)/t11-/m0/s1. The van der Waals surface area contributed by atoms with E-state index in [4.69, 9.17) is 9.84 Å². The van der Waals surface area contributed by atoms with E-state index in [-0.39, 0.29) is 13.0 Å². The van der Waals surface area contributed by atoms with E-state index in [1.807, 2.05) is 30.3 Å². The summed E-state index contributed by atoms with van der Waals surface area (Å²) < 4.78 is 6.50. The number of aliphatic carboxylic acids is 1. The number of hydrogen-bond acceptors (Lipinski definition) is 5. The number of carboxylic acids is 1. The smallest absolute Gasteiger partial charge is 0.408 e. The number of aromatic nitrogens is 3. The summed E-state index contributed by atoms with van der Waals surface area (Å²) in [5.74, 6) is -1.06. The van der Waals surface area contributed by atoms with Gasteiger partial charge in [0.1, 0.15) is 12.3 Å². The molecule has 0 radical (unpaired) electrons. The molecule has 1 aromatic heterocycles. The number of aryl methyl sites for hydroxylation is 1. The first-order valence-electron chi connectivity index (χ1n) is 6.60. The van der Waals surface area contributed by atoms with Crippen molar-refractivity contribution in [2.45, 2.75) is 19.1 Å². The van der Waals surface area contributed by atoms with Gasteiger partial charge in [0.15, 0.2) is 0 Å². The van der Waals surface area contributed by atoms with Crippen LogP contribution in [0.3, 0.4) is 0 Å². The Labute approximate surface area is 126 Å². The van der Waals surface area contributed by atoms with E-state index in [1.54, 1.807) is 13.2 Å². The van der Waals surface area contributed by atoms with Gasteiger partial charge in [-0.3, -0.25) is 9.48 Å². The second-order valence-corrected chi connectivity index (χ2v) is 4.67. The fourth-order valence-corrected chi connectivity index (χ4v) is 1.84. The van der Waals surface area contributed by atoms with E-state index in [0.29, 0.717) is 5.69 Å². The molecule has 2 N–H and O–H groups in total. The summed E-state index contributed by atoms with van der Waals surface area (Å²) in [4.78, 5) is 22.7. The first-order chi connectivity index (χ1) is 10.5. The summed E-state index contributed by atoms with van der Waals surface area (Å²) in [5.41, 5.74) is 1.20. The van der Waals surface area contributed by atoms with E-state index in [1.165, 1.54) is 4.68 Å². The van der Waals surface area contributed by atoms with Crippen LogP contribution in [0.15, 0.2) is 36.5 Å². The van der Waals surface area contributed by atoms with Gasteiger partial charge in [-0.15, -0.1) is 5.10 Å². The Morgan fingerprint density at radius 2 is 2.09 bits per heavy atom. The molecule has 0 bridgehead atoms. The quantitative estimate of drug-likeness (QED) is 0.832. The Morgan fingerprint density at radius 3 is 2.68 bits per heavy atom. The largest absolute Gasteiger partial charge is 0.481 e. The normalized spacial score (nSPS) is 11.7. The SMILES string of the molecule is Cn1cc([C@H](CC(=O)O)NC(=O)OCc2ccccc2)nn1. The highest BCUT2D eigenvalue weighted by Crippen LogP contribution is 2.14. The molecule has 0 aliphatic carbocycles. The zero-order chi connectivity index (χ0) is 15.9. The van der Waals surface area contributed by atoms with Crippen molar-refractivity contribution < 1.29 is 19.4 Å². The molecule has 1 amide bonds. The molecule has 0 spiro atoms. The molecule has 116 valence electrons. The highest BCUT2D eigenvalue weighted by molar-refractivity contribution is 5.71. The van der Waals surface area contributed by atoms with Crippen LogP contribution in [0.2, 0.25) is 0 Å². The minimum absolute atomic E-state index is 0.104. The molecule has 8 heteroatoms. The fourth-order valence-electron chi connectivity index (χ4n) is 1.84. The first-order valence-corrected chi connectivity index (χ1v) is 6.60. The van der Waals surface area contributed by atoms with Crippen molar-refractivity contribution in [3.63, 3.8) is 0 Å². The van der Waals surface area contributed by atoms with Crippen LogP contribution in [0.1, 0.15) is 23.7 Å². The Balaban J connectivity index is 1.94. The van der Waals surface area contributed by atoms with E-state index in [0.717, 1.165) is 5.56 Å². The molecule has 8 nitrogen and oxygen atoms in total. The van der Waals surface area contributed by atoms with E-state index < -0.39 is 18.1 Å². The van der Waals surface area contributed by atoms with Gasteiger partial charge in [0.25, 0.3) is 0 Å². The lowest BCUT2D eigenvalue weighted by Gasteiger charge is -2.14. The molecule has 1 atom stereocenters. The van der Waals surface area contributed by atoms with Crippen molar-refractivity contribution in [1.82, 2.24) is 20.3 Å². The molecular weight excluding hydrogens is 288 g/mol. The monoisotopic (exact) mass is 304 g/mol. The van der Waals surface area contributed by atoms with Crippen molar-refractivity contribution in [3.8, 4) is 0 Å². The lowest BCUT2D eigenvalue weighted by molar-refractivity contribution is -0.137. The van der Waals surface area contributed by atoms with Gasteiger partial charge in [0.05, 0.1) is 18.7 Å². The average molecular weight is 304 g/mol. The van der Waals surface area contributed by atoms with Crippen LogP contribution in [-0.2, 0) is 23.2 Å². The van der Waals surface area contributed by atoms with Gasteiger partial charge in [-0.05, 0) is 5.56 Å². The van der Waals surface area contributed by atoms with Gasteiger partial charge in [-0.1, -0.05) is 35.5 Å². The molecule has 2 aromatic rings. The molecule has 1 heterocycles. The number of carbonyl (C=O) groups is 2. The zero-order valence-electron chi connectivity index (χ0n) is 12.0. The van der Waals surface area contributed by atoms with Crippen molar-refractivity contribution >= 4 is 12.1 Å². The number of nitrogens with one attached hydrogen (secondary N) is 1. The summed E-state index contributed by atoms with van der Waals surface area (Å²) >= 11 is 0. The second-order valence-electron chi connectivity index (χ2n) is 4.67. The minimum atomic E-state index is -1.06. The molecule has 1 aromatic carbocycles. The number of carbonyl (C=O) groups excluding carboxylic acids is 1. The van der Waals surface area contributed by atoms with Crippen LogP contribution in [0.4, 0.5) is 4.79 Å². The molecule has 0 aliphatic rings. The highest BCUT2D eigenvalue weighted by atomic mass is 16.5. The maximum atomic E-state index is 11.8. The van der Waals surface area contributed by atoms with Gasteiger partial charge in [-0.25, -0.2) is 4.79 Å². The molecule has 0 saturated heterocycles. The number of nitrogens with zero attached hydrogens (tertiary/aromatic N) is 3. The van der Waals surface area contributed by atoms with Crippen LogP contribution in [0, 0.1) is 0 Å². The summed E-state index contributed by atoms with van der Waals surface area (Å²) in [6, 6.07) is 8.39. The van der Waals surface area contributed by atoms with Gasteiger partial charge in [0.2, 0.25) is 0 Å². The maximum absolute atomic E-state index is 11.8. The van der Waals surface area contributed by atoms with Crippen molar-refractivity contribution in [1.29, 1.82) is 0 Å². The first kappa shape index (κ1) is 15.5. The Morgan fingerprint density at radius 1 is 1.36 bits per heavy atom. The number of carboxylic acid groups (broad SMARTS) is 1. The summed E-state index contributed by atoms with van der Waals surface area (Å²) in [6.07, 6.45) is 0.533. The Kier molecular flexibility index (Phi) is 5.07. The number of ether oxygens (including phenoxy) is 1. The molecule has 0 fully saturated rings. The van der Waals surface area contributed by atoms with Crippen molar-refractivity contribution in [2.24, 2.45) is 7.05 Å². The number of rotatable bonds is 6. The lowest BCUT2D eigenvalue weighted by Crippen LogP contribution is -2.31. The molecule has 2 rings (SSSR count). The topological polar surface area (TPSA) is 106 Å². The van der Waals surface area contributed by atoms with E-state index in [2.05, 4.69) is 15.6 Å². The van der Waals surface area contributed by atoms with Crippen LogP contribution in [0.25, 0.3) is 0 Å². The summed E-state index contributed by atoms with van der Waals surface area (Å²) in [6.45, 7) is 0.104. The van der Waals surface area contributed by atoms with Crippen LogP contribution >= 0.6 is 0 Å². The third-order valence-corrected chi connectivity index (χ3v) is 2.86. The molecule has 22 heavy (non-hydrogen) atoms. The number of amides is 1. The lowest BCUT2D eigenvalue weighted by atomic mass is 10.1. The highest BCUT2D eigenvalue weighted by Gasteiger charge is 2.21. The van der Waals surface area contributed by atoms with Crippen LogP contribution in [0.5, 0.6) is 0 Å². The van der Waals surface area contributed by atoms with Gasteiger partial charge in [0, 0.05) is 7.05 Å². The molecule has 0 unspecified atom stereocenters. The minimum Gasteiger partial charge on any atom is -0.481 e. The number of hydrogen-bond donors (Lipinski definition) is 2. The van der Waals surface area contributed by atoms with Crippen LogP contribution < -0.4 is 5.32 Å². The third kappa shape index (κ3) is 4.58. The van der Waals surface area contributed by atoms with E-state index in [9.17, 15) is 9.59 Å². The van der Waals surface area contributed by atoms with Crippen molar-refractivity contribution in [2.75, 3.05) is 0 Å². The number of alkyl carbamates (subject to hydrolysis) is 1.